The fourth-order valence-corrected chi connectivity index (χ4v) is 5.45. The highest BCUT2D eigenvalue weighted by molar-refractivity contribution is 7.17. The highest BCUT2D eigenvalue weighted by atomic mass is 32.1. The molecule has 1 N–H and O–H groups in total. The molecular formula is C26H21NO5S. The average molecular weight is 460 g/mol. The lowest BCUT2D eigenvalue weighted by Gasteiger charge is -2.09. The van der Waals surface area contributed by atoms with Gasteiger partial charge in [-0.15, -0.1) is 11.3 Å². The molecule has 0 spiro atoms. The van der Waals surface area contributed by atoms with Crippen LogP contribution in [0.2, 0.25) is 0 Å². The highest BCUT2D eigenvalue weighted by Gasteiger charge is 2.28. The minimum Gasteiger partial charge on any atom is -0.462 e. The first-order valence-corrected chi connectivity index (χ1v) is 11.6. The van der Waals surface area contributed by atoms with Gasteiger partial charge in [0, 0.05) is 15.8 Å². The molecule has 2 heterocycles. The number of carbonyl (C=O) groups is 2. The average Bonchev–Trinajstić information content (AvgIpc) is 3.39. The van der Waals surface area contributed by atoms with Crippen molar-refractivity contribution in [2.75, 3.05) is 11.9 Å². The van der Waals surface area contributed by atoms with E-state index in [2.05, 4.69) is 5.32 Å². The van der Waals surface area contributed by atoms with Gasteiger partial charge < -0.3 is 14.5 Å². The molecule has 0 aliphatic heterocycles. The summed E-state index contributed by atoms with van der Waals surface area (Å²) in [4.78, 5) is 39.3. The van der Waals surface area contributed by atoms with Gasteiger partial charge in [0.05, 0.1) is 17.7 Å². The third kappa shape index (κ3) is 3.96. The first kappa shape index (κ1) is 21.2. The zero-order chi connectivity index (χ0) is 22.9. The van der Waals surface area contributed by atoms with Gasteiger partial charge in [-0.25, -0.2) is 9.59 Å². The number of nitrogens with one attached hydrogen (secondary N) is 1. The molecule has 4 aromatic rings. The second-order valence-corrected chi connectivity index (χ2v) is 8.91. The lowest BCUT2D eigenvalue weighted by molar-refractivity contribution is 0.0527. The van der Waals surface area contributed by atoms with Crippen molar-refractivity contribution in [2.24, 2.45) is 0 Å². The Labute approximate surface area is 193 Å². The molecule has 0 bridgehead atoms. The second kappa shape index (κ2) is 8.67. The minimum absolute atomic E-state index is 0.271. The number of aryl methyl sites for hydroxylation is 1. The molecule has 0 fully saturated rings. The second-order valence-electron chi connectivity index (χ2n) is 7.80. The first-order valence-electron chi connectivity index (χ1n) is 10.8. The first-order chi connectivity index (χ1) is 16.0. The summed E-state index contributed by atoms with van der Waals surface area (Å²) in [7, 11) is 0. The normalized spacial score (nSPS) is 12.5. The molecule has 1 amide bonds. The maximum atomic E-state index is 13.1. The molecule has 5 rings (SSSR count). The fourth-order valence-electron chi connectivity index (χ4n) is 4.18. The largest absolute Gasteiger partial charge is 0.462 e. The highest BCUT2D eigenvalue weighted by Crippen LogP contribution is 2.39. The van der Waals surface area contributed by atoms with Crippen molar-refractivity contribution in [1.82, 2.24) is 0 Å². The van der Waals surface area contributed by atoms with Gasteiger partial charge in [-0.1, -0.05) is 30.3 Å². The summed E-state index contributed by atoms with van der Waals surface area (Å²) in [5.74, 6) is -0.762. The Morgan fingerprint density at radius 1 is 1.09 bits per heavy atom. The van der Waals surface area contributed by atoms with E-state index >= 15 is 0 Å². The predicted octanol–water partition coefficient (Wildman–Crippen LogP) is 5.44. The number of ether oxygens (including phenoxy) is 1. The number of thiophene rings is 1. The van der Waals surface area contributed by atoms with Crippen molar-refractivity contribution in [3.05, 3.63) is 86.6 Å². The molecule has 2 aromatic heterocycles. The summed E-state index contributed by atoms with van der Waals surface area (Å²) in [5.41, 5.74) is 2.84. The summed E-state index contributed by atoms with van der Waals surface area (Å²) in [5, 5.41) is 4.21. The van der Waals surface area contributed by atoms with Crippen molar-refractivity contribution < 1.29 is 18.7 Å². The summed E-state index contributed by atoms with van der Waals surface area (Å²) < 4.78 is 10.7. The summed E-state index contributed by atoms with van der Waals surface area (Å²) in [6.07, 6.45) is 2.71. The van der Waals surface area contributed by atoms with Crippen molar-refractivity contribution in [1.29, 1.82) is 0 Å². The van der Waals surface area contributed by atoms with E-state index in [0.29, 0.717) is 32.8 Å². The van der Waals surface area contributed by atoms with Crippen LogP contribution in [0.4, 0.5) is 5.00 Å². The Morgan fingerprint density at radius 2 is 1.94 bits per heavy atom. The smallest absolute Gasteiger partial charge is 0.344 e. The molecule has 33 heavy (non-hydrogen) atoms. The molecule has 0 unspecified atom stereocenters. The third-order valence-corrected chi connectivity index (χ3v) is 6.91. The van der Waals surface area contributed by atoms with Crippen LogP contribution in [0.5, 0.6) is 0 Å². The number of benzene rings is 2. The molecule has 2 aromatic carbocycles. The number of esters is 1. The number of rotatable bonds is 5. The van der Waals surface area contributed by atoms with Gasteiger partial charge in [-0.2, -0.15) is 0 Å². The topological polar surface area (TPSA) is 85.6 Å². The van der Waals surface area contributed by atoms with Gasteiger partial charge in [-0.3, -0.25) is 4.79 Å². The van der Waals surface area contributed by atoms with Crippen LogP contribution in [0.25, 0.3) is 22.1 Å². The summed E-state index contributed by atoms with van der Waals surface area (Å²) >= 11 is 1.43. The van der Waals surface area contributed by atoms with E-state index in [1.165, 1.54) is 11.3 Å². The zero-order valence-electron chi connectivity index (χ0n) is 18.0. The number of carbonyl (C=O) groups excluding carboxylic acids is 2. The van der Waals surface area contributed by atoms with Crippen LogP contribution in [0.1, 0.15) is 44.5 Å². The summed E-state index contributed by atoms with van der Waals surface area (Å²) in [6.45, 7) is 2.03. The Hall–Kier alpha value is -3.71. The number of fused-ring (bicyclic) bond motifs is 2. The third-order valence-electron chi connectivity index (χ3n) is 5.71. The monoisotopic (exact) mass is 459 g/mol. The number of amides is 1. The van der Waals surface area contributed by atoms with Crippen molar-refractivity contribution in [3.63, 3.8) is 0 Å². The summed E-state index contributed by atoms with van der Waals surface area (Å²) in [6, 6.07) is 15.9. The molecule has 0 radical (unpaired) electrons. The maximum absolute atomic E-state index is 13.1. The van der Waals surface area contributed by atoms with E-state index in [1.54, 1.807) is 49.4 Å². The van der Waals surface area contributed by atoms with Crippen LogP contribution in [0.3, 0.4) is 0 Å². The van der Waals surface area contributed by atoms with Crippen LogP contribution < -0.4 is 10.9 Å². The Bertz CT molecular complexity index is 1450. The minimum atomic E-state index is -0.467. The lowest BCUT2D eigenvalue weighted by Crippen LogP contribution is -2.15. The Morgan fingerprint density at radius 3 is 2.79 bits per heavy atom. The van der Waals surface area contributed by atoms with Crippen molar-refractivity contribution in [3.8, 4) is 11.1 Å². The molecular weight excluding hydrogens is 438 g/mol. The van der Waals surface area contributed by atoms with Gasteiger partial charge in [0.15, 0.2) is 0 Å². The fraction of sp³-hybridized carbons (Fsp3) is 0.192. The van der Waals surface area contributed by atoms with Crippen LogP contribution in [0, 0.1) is 0 Å². The number of hydrogen-bond acceptors (Lipinski definition) is 6. The van der Waals surface area contributed by atoms with E-state index in [9.17, 15) is 14.4 Å². The maximum Gasteiger partial charge on any atom is 0.344 e. The Balaban J connectivity index is 1.47. The van der Waals surface area contributed by atoms with E-state index in [-0.39, 0.29) is 12.5 Å². The van der Waals surface area contributed by atoms with Gasteiger partial charge >= 0.3 is 11.6 Å². The van der Waals surface area contributed by atoms with E-state index in [0.717, 1.165) is 35.1 Å². The van der Waals surface area contributed by atoms with E-state index in [4.69, 9.17) is 9.15 Å². The lowest BCUT2D eigenvalue weighted by atomic mass is 10.0. The predicted molar refractivity (Wildman–Crippen MR) is 128 cm³/mol. The SMILES string of the molecule is CCOC(=O)c1c(NC(=O)c2cccc(-c3cc4ccccc4oc3=O)c2)sc2c1CCC2. The molecule has 0 saturated carbocycles. The number of hydrogen-bond donors (Lipinski definition) is 1. The van der Waals surface area contributed by atoms with Crippen LogP contribution in [0.15, 0.2) is 63.8 Å². The van der Waals surface area contributed by atoms with Gasteiger partial charge in [0.2, 0.25) is 0 Å². The van der Waals surface area contributed by atoms with Crippen LogP contribution >= 0.6 is 11.3 Å². The molecule has 7 heteroatoms. The van der Waals surface area contributed by atoms with Crippen molar-refractivity contribution in [2.45, 2.75) is 26.2 Å². The standard InChI is InChI=1S/C26H21NO5S/c1-2-31-26(30)22-18-10-6-12-21(18)33-24(22)27-23(28)17-9-5-8-15(13-17)19-14-16-7-3-4-11-20(16)32-25(19)29/h3-5,7-9,11,13-14H,2,6,10,12H2,1H3,(H,27,28). The Kier molecular flexibility index (Phi) is 5.56. The van der Waals surface area contributed by atoms with Gasteiger partial charge in [-0.05, 0) is 61.6 Å². The molecule has 1 aliphatic rings. The zero-order valence-corrected chi connectivity index (χ0v) is 18.8. The van der Waals surface area contributed by atoms with Crippen molar-refractivity contribution >= 4 is 39.2 Å². The molecule has 0 saturated heterocycles. The van der Waals surface area contributed by atoms with Crippen LogP contribution in [-0.2, 0) is 17.6 Å². The quantitative estimate of drug-likeness (QED) is 0.317. The molecule has 0 atom stereocenters. The molecule has 1 aliphatic carbocycles. The van der Waals surface area contributed by atoms with E-state index in [1.807, 2.05) is 12.1 Å². The number of anilines is 1. The molecule has 6 nitrogen and oxygen atoms in total. The van der Waals surface area contributed by atoms with E-state index < -0.39 is 11.6 Å². The molecule has 166 valence electrons. The van der Waals surface area contributed by atoms with Crippen LogP contribution in [-0.4, -0.2) is 18.5 Å². The van der Waals surface area contributed by atoms with Gasteiger partial charge in [0.1, 0.15) is 10.6 Å². The van der Waals surface area contributed by atoms with Gasteiger partial charge in [0.25, 0.3) is 5.91 Å². The number of para-hydroxylation sites is 1.